The molecule has 2 unspecified atom stereocenters. The minimum atomic E-state index is -1.13. The van der Waals surface area contributed by atoms with Crippen molar-refractivity contribution in [2.24, 2.45) is 5.41 Å². The highest BCUT2D eigenvalue weighted by molar-refractivity contribution is 5.88. The van der Waals surface area contributed by atoms with E-state index >= 15 is 0 Å². The number of carbonyl (C=O) groups excluding carboxylic acids is 1. The Morgan fingerprint density at radius 2 is 1.86 bits per heavy atom. The number of nitrogen functional groups attached to an aromatic ring is 1. The Labute approximate surface area is 209 Å². The number of nitrogens with zero attached hydrogens (tertiary/aromatic N) is 4. The topological polar surface area (TPSA) is 96.8 Å². The van der Waals surface area contributed by atoms with Gasteiger partial charge in [0, 0.05) is 24.5 Å². The number of amides is 1. The lowest BCUT2D eigenvalue weighted by molar-refractivity contribution is -0.127. The molecule has 6 rings (SSSR count). The lowest BCUT2D eigenvalue weighted by atomic mass is 9.87. The summed E-state index contributed by atoms with van der Waals surface area (Å²) >= 11 is 0. The van der Waals surface area contributed by atoms with E-state index in [1.807, 2.05) is 70.1 Å². The van der Waals surface area contributed by atoms with Crippen molar-refractivity contribution in [1.82, 2.24) is 19.3 Å². The number of benzene rings is 2. The van der Waals surface area contributed by atoms with Gasteiger partial charge in [-0.1, -0.05) is 61.2 Å². The third kappa shape index (κ3) is 3.50. The first-order valence-corrected chi connectivity index (χ1v) is 12.3. The summed E-state index contributed by atoms with van der Waals surface area (Å²) in [6.07, 6.45) is 8.06. The van der Waals surface area contributed by atoms with E-state index in [0.29, 0.717) is 11.5 Å². The number of carbonyl (C=O) groups is 1. The number of aromatic nitrogens is 3. The maximum absolute atomic E-state index is 12.8. The Kier molecular flexibility index (Phi) is 5.02. The molecule has 2 aliphatic rings. The molecule has 1 aliphatic heterocycles. The van der Waals surface area contributed by atoms with Gasteiger partial charge in [0.15, 0.2) is 0 Å². The SMILES string of the molecule is C=CC(=O)N1CC2(CC2)CC1c1nc(-c2ccc(C(C)(O)c3ccccc3)cc2)c2c(N)nccn12. The molecule has 3 heterocycles. The molecule has 1 amide bonds. The van der Waals surface area contributed by atoms with E-state index in [0.717, 1.165) is 53.8 Å². The van der Waals surface area contributed by atoms with Gasteiger partial charge in [0.25, 0.3) is 0 Å². The molecule has 7 heteroatoms. The number of fused-ring (bicyclic) bond motifs is 1. The molecule has 1 saturated carbocycles. The molecule has 3 N–H and O–H groups in total. The van der Waals surface area contributed by atoms with Crippen LogP contribution in [0.5, 0.6) is 0 Å². The zero-order chi connectivity index (χ0) is 25.1. The van der Waals surface area contributed by atoms with Gasteiger partial charge in [-0.2, -0.15) is 0 Å². The van der Waals surface area contributed by atoms with Gasteiger partial charge in [0.1, 0.15) is 28.5 Å². The smallest absolute Gasteiger partial charge is 0.246 e. The molecule has 2 aromatic heterocycles. The minimum Gasteiger partial charge on any atom is -0.382 e. The Hall–Kier alpha value is -3.97. The standard InChI is InChI=1S/C29H29N5O2/c1-3-23(35)34-18-29(13-14-29)17-22(34)27-32-24(25-26(30)31-15-16-33(25)27)19-9-11-21(12-10-19)28(2,36)20-7-5-4-6-8-20/h3-12,15-16,22,36H,1,13-14,17-18H2,2H3,(H2,30,31). The highest BCUT2D eigenvalue weighted by Crippen LogP contribution is 2.58. The molecule has 1 spiro atoms. The first-order chi connectivity index (χ1) is 17.3. The van der Waals surface area contributed by atoms with Gasteiger partial charge in [-0.25, -0.2) is 9.97 Å². The summed E-state index contributed by atoms with van der Waals surface area (Å²) in [5, 5.41) is 11.2. The number of hydrogen-bond acceptors (Lipinski definition) is 5. The van der Waals surface area contributed by atoms with E-state index in [1.165, 1.54) is 6.08 Å². The zero-order valence-electron chi connectivity index (χ0n) is 20.3. The lowest BCUT2D eigenvalue weighted by Gasteiger charge is -2.24. The molecule has 1 aliphatic carbocycles. The summed E-state index contributed by atoms with van der Waals surface area (Å²) in [4.78, 5) is 24.0. The lowest BCUT2D eigenvalue weighted by Crippen LogP contribution is -2.30. The van der Waals surface area contributed by atoms with Crippen LogP contribution < -0.4 is 5.73 Å². The zero-order valence-corrected chi connectivity index (χ0v) is 20.3. The molecule has 0 radical (unpaired) electrons. The fraction of sp³-hybridized carbons (Fsp3) is 0.276. The van der Waals surface area contributed by atoms with E-state index < -0.39 is 5.60 Å². The van der Waals surface area contributed by atoms with Crippen molar-refractivity contribution in [3.05, 3.63) is 96.6 Å². The van der Waals surface area contributed by atoms with Crippen molar-refractivity contribution in [2.45, 2.75) is 37.8 Å². The Morgan fingerprint density at radius 3 is 2.53 bits per heavy atom. The molecule has 4 aromatic rings. The number of nitrogens with two attached hydrogens (primary N) is 1. The quantitative estimate of drug-likeness (QED) is 0.412. The third-order valence-electron chi connectivity index (χ3n) is 7.89. The number of likely N-dealkylation sites (tertiary alicyclic amines) is 1. The van der Waals surface area contributed by atoms with Crippen LogP contribution in [0.15, 0.2) is 79.6 Å². The van der Waals surface area contributed by atoms with Crippen LogP contribution in [0.25, 0.3) is 16.8 Å². The van der Waals surface area contributed by atoms with Crippen molar-refractivity contribution in [2.75, 3.05) is 12.3 Å². The van der Waals surface area contributed by atoms with Crippen LogP contribution in [0.4, 0.5) is 5.82 Å². The van der Waals surface area contributed by atoms with Crippen LogP contribution in [0.3, 0.4) is 0 Å². The molecule has 36 heavy (non-hydrogen) atoms. The predicted molar refractivity (Wildman–Crippen MR) is 139 cm³/mol. The Morgan fingerprint density at radius 1 is 1.17 bits per heavy atom. The van der Waals surface area contributed by atoms with Crippen LogP contribution in [0.2, 0.25) is 0 Å². The second kappa shape index (κ2) is 8.03. The van der Waals surface area contributed by atoms with Crippen molar-refractivity contribution in [3.8, 4) is 11.3 Å². The van der Waals surface area contributed by atoms with Crippen LogP contribution in [0.1, 0.15) is 49.2 Å². The molecule has 2 fully saturated rings. The van der Waals surface area contributed by atoms with Gasteiger partial charge in [-0.3, -0.25) is 9.20 Å². The summed E-state index contributed by atoms with van der Waals surface area (Å²) in [6.45, 7) is 6.24. The maximum atomic E-state index is 12.8. The van der Waals surface area contributed by atoms with Gasteiger partial charge in [-0.15, -0.1) is 0 Å². The largest absolute Gasteiger partial charge is 0.382 e. The molecule has 2 aromatic carbocycles. The summed E-state index contributed by atoms with van der Waals surface area (Å²) < 4.78 is 1.97. The van der Waals surface area contributed by atoms with Gasteiger partial charge >= 0.3 is 0 Å². The third-order valence-corrected chi connectivity index (χ3v) is 7.89. The fourth-order valence-corrected chi connectivity index (χ4v) is 5.58. The first-order valence-electron chi connectivity index (χ1n) is 12.3. The van der Waals surface area contributed by atoms with E-state index in [4.69, 9.17) is 10.7 Å². The average Bonchev–Trinajstić information content (AvgIpc) is 3.38. The summed E-state index contributed by atoms with van der Waals surface area (Å²) in [5.74, 6) is 1.09. The van der Waals surface area contributed by atoms with Crippen molar-refractivity contribution >= 4 is 17.2 Å². The van der Waals surface area contributed by atoms with E-state index in [1.54, 1.807) is 13.1 Å². The van der Waals surface area contributed by atoms with E-state index in [2.05, 4.69) is 11.6 Å². The van der Waals surface area contributed by atoms with Gasteiger partial charge in [0.05, 0.1) is 6.04 Å². The van der Waals surface area contributed by atoms with Crippen molar-refractivity contribution in [3.63, 3.8) is 0 Å². The van der Waals surface area contributed by atoms with Crippen molar-refractivity contribution < 1.29 is 9.90 Å². The predicted octanol–water partition coefficient (Wildman–Crippen LogP) is 4.47. The van der Waals surface area contributed by atoms with Gasteiger partial charge in [-0.05, 0) is 48.8 Å². The maximum Gasteiger partial charge on any atom is 0.246 e. The molecule has 1 saturated heterocycles. The van der Waals surface area contributed by atoms with Crippen LogP contribution in [0, 0.1) is 5.41 Å². The fourth-order valence-electron chi connectivity index (χ4n) is 5.58. The number of anilines is 1. The monoisotopic (exact) mass is 479 g/mol. The Bertz CT molecular complexity index is 1470. The number of rotatable bonds is 5. The normalized spacial score (nSPS) is 19.9. The first kappa shape index (κ1) is 22.5. The summed E-state index contributed by atoms with van der Waals surface area (Å²) in [5.41, 5.74) is 9.32. The second-order valence-corrected chi connectivity index (χ2v) is 10.3. The second-order valence-electron chi connectivity index (χ2n) is 10.3. The molecule has 7 nitrogen and oxygen atoms in total. The number of hydrogen-bond donors (Lipinski definition) is 2. The molecular weight excluding hydrogens is 450 g/mol. The molecule has 182 valence electrons. The van der Waals surface area contributed by atoms with Crippen LogP contribution >= 0.6 is 0 Å². The summed E-state index contributed by atoms with van der Waals surface area (Å²) in [6, 6.07) is 17.2. The highest BCUT2D eigenvalue weighted by Gasteiger charge is 2.54. The van der Waals surface area contributed by atoms with Crippen LogP contribution in [-0.4, -0.2) is 36.8 Å². The van der Waals surface area contributed by atoms with Crippen LogP contribution in [-0.2, 0) is 10.4 Å². The number of imidazole rings is 1. The van der Waals surface area contributed by atoms with Gasteiger partial charge in [0.2, 0.25) is 5.91 Å². The average molecular weight is 480 g/mol. The molecule has 0 bridgehead atoms. The minimum absolute atomic E-state index is 0.0726. The number of aliphatic hydroxyl groups is 1. The Balaban J connectivity index is 1.43. The molecule has 2 atom stereocenters. The van der Waals surface area contributed by atoms with Crippen molar-refractivity contribution in [1.29, 1.82) is 0 Å². The van der Waals surface area contributed by atoms with Gasteiger partial charge < -0.3 is 15.7 Å². The van der Waals surface area contributed by atoms with E-state index in [-0.39, 0.29) is 17.4 Å². The summed E-state index contributed by atoms with van der Waals surface area (Å²) in [7, 11) is 0. The van der Waals surface area contributed by atoms with E-state index in [9.17, 15) is 9.90 Å². The molecular formula is C29H29N5O2. The highest BCUT2D eigenvalue weighted by atomic mass is 16.3.